The number of carboxylic acid groups (broad SMARTS) is 1. The maximum absolute atomic E-state index is 11.2. The van der Waals surface area contributed by atoms with Crippen LogP contribution in [0.25, 0.3) is 11.3 Å². The van der Waals surface area contributed by atoms with Crippen molar-refractivity contribution < 1.29 is 14.6 Å². The Bertz CT molecular complexity index is 705. The number of hydrogen-bond donors (Lipinski definition) is 1. The zero-order valence-corrected chi connectivity index (χ0v) is 13.0. The maximum Gasteiger partial charge on any atom is 0.308 e. The van der Waals surface area contributed by atoms with E-state index in [1.807, 2.05) is 35.2 Å². The number of aromatic nitrogens is 2. The summed E-state index contributed by atoms with van der Waals surface area (Å²) < 4.78 is 5.24. The van der Waals surface area contributed by atoms with E-state index in [0.717, 1.165) is 42.2 Å². The molecule has 6 heteroatoms. The van der Waals surface area contributed by atoms with Gasteiger partial charge in [-0.05, 0) is 25.0 Å². The average molecular weight is 313 g/mol. The molecule has 0 aliphatic carbocycles. The second kappa shape index (κ2) is 6.64. The summed E-state index contributed by atoms with van der Waals surface area (Å²) in [6.45, 7) is 1.31. The zero-order valence-electron chi connectivity index (χ0n) is 13.0. The molecule has 3 rings (SSSR count). The van der Waals surface area contributed by atoms with Crippen molar-refractivity contribution >= 4 is 11.8 Å². The van der Waals surface area contributed by atoms with E-state index < -0.39 is 5.97 Å². The minimum Gasteiger partial charge on any atom is -0.497 e. The summed E-state index contributed by atoms with van der Waals surface area (Å²) in [6, 6.07) is 9.58. The molecule has 120 valence electrons. The number of hydrogen-bond acceptors (Lipinski definition) is 5. The number of carbonyl (C=O) groups is 1. The molecule has 2 heterocycles. The van der Waals surface area contributed by atoms with Crippen molar-refractivity contribution in [2.45, 2.75) is 12.8 Å². The minimum atomic E-state index is -0.739. The summed E-state index contributed by atoms with van der Waals surface area (Å²) in [5, 5.41) is 9.22. The number of nitrogens with zero attached hydrogens (tertiary/aromatic N) is 3. The third-order valence-electron chi connectivity index (χ3n) is 4.11. The number of anilines is 1. The van der Waals surface area contributed by atoms with Gasteiger partial charge in [0.25, 0.3) is 0 Å². The van der Waals surface area contributed by atoms with Crippen LogP contribution < -0.4 is 9.64 Å². The molecule has 2 aromatic rings. The van der Waals surface area contributed by atoms with Crippen LogP contribution in [-0.2, 0) is 4.79 Å². The van der Waals surface area contributed by atoms with E-state index in [1.165, 1.54) is 6.33 Å². The monoisotopic (exact) mass is 313 g/mol. The van der Waals surface area contributed by atoms with Crippen molar-refractivity contribution in [3.05, 3.63) is 36.7 Å². The smallest absolute Gasteiger partial charge is 0.308 e. The molecule has 0 amide bonds. The predicted octanol–water partition coefficient (Wildman–Crippen LogP) is 2.45. The van der Waals surface area contributed by atoms with Crippen LogP contribution in [-0.4, -0.2) is 41.2 Å². The van der Waals surface area contributed by atoms with Crippen LogP contribution in [0, 0.1) is 5.92 Å². The normalized spacial score (nSPS) is 17.8. The lowest BCUT2D eigenvalue weighted by molar-refractivity contribution is -0.141. The fourth-order valence-corrected chi connectivity index (χ4v) is 2.85. The van der Waals surface area contributed by atoms with Gasteiger partial charge in [-0.2, -0.15) is 0 Å². The van der Waals surface area contributed by atoms with Crippen LogP contribution in [0.2, 0.25) is 0 Å². The van der Waals surface area contributed by atoms with Crippen molar-refractivity contribution in [1.82, 2.24) is 9.97 Å². The first-order valence-electron chi connectivity index (χ1n) is 7.61. The topological polar surface area (TPSA) is 75.5 Å². The summed E-state index contributed by atoms with van der Waals surface area (Å²) in [5.74, 6) is 0.464. The first-order chi connectivity index (χ1) is 11.2. The van der Waals surface area contributed by atoms with Crippen LogP contribution in [0.3, 0.4) is 0 Å². The lowest BCUT2D eigenvalue weighted by Crippen LogP contribution is -2.39. The fourth-order valence-electron chi connectivity index (χ4n) is 2.85. The van der Waals surface area contributed by atoms with E-state index in [0.29, 0.717) is 6.54 Å². The van der Waals surface area contributed by atoms with Crippen LogP contribution in [0.5, 0.6) is 5.75 Å². The highest BCUT2D eigenvalue weighted by molar-refractivity contribution is 5.71. The van der Waals surface area contributed by atoms with Gasteiger partial charge in [-0.1, -0.05) is 12.1 Å². The highest BCUT2D eigenvalue weighted by atomic mass is 16.5. The highest BCUT2D eigenvalue weighted by Gasteiger charge is 2.26. The van der Waals surface area contributed by atoms with Gasteiger partial charge in [0, 0.05) is 24.7 Å². The lowest BCUT2D eigenvalue weighted by Gasteiger charge is -2.31. The molecule has 0 unspecified atom stereocenters. The Kier molecular flexibility index (Phi) is 4.41. The van der Waals surface area contributed by atoms with Crippen LogP contribution >= 0.6 is 0 Å². The van der Waals surface area contributed by atoms with Gasteiger partial charge in [0.1, 0.15) is 17.9 Å². The number of ether oxygens (including phenoxy) is 1. The van der Waals surface area contributed by atoms with E-state index in [-0.39, 0.29) is 5.92 Å². The largest absolute Gasteiger partial charge is 0.497 e. The number of benzene rings is 1. The van der Waals surface area contributed by atoms with Gasteiger partial charge in [0.05, 0.1) is 18.7 Å². The molecule has 0 bridgehead atoms. The first-order valence-corrected chi connectivity index (χ1v) is 7.61. The third-order valence-corrected chi connectivity index (χ3v) is 4.11. The molecule has 1 atom stereocenters. The molecule has 1 N–H and O–H groups in total. The molecule has 1 aromatic carbocycles. The number of rotatable bonds is 4. The Labute approximate surface area is 134 Å². The van der Waals surface area contributed by atoms with E-state index in [1.54, 1.807) is 7.11 Å². The number of aliphatic carboxylic acids is 1. The van der Waals surface area contributed by atoms with E-state index in [2.05, 4.69) is 9.97 Å². The molecule has 1 saturated heterocycles. The lowest BCUT2D eigenvalue weighted by atomic mass is 9.98. The van der Waals surface area contributed by atoms with Crippen molar-refractivity contribution in [3.8, 4) is 17.0 Å². The van der Waals surface area contributed by atoms with Gasteiger partial charge in [-0.15, -0.1) is 0 Å². The molecule has 0 spiro atoms. The first kappa shape index (κ1) is 15.3. The Balaban J connectivity index is 1.86. The Hall–Kier alpha value is -2.63. The maximum atomic E-state index is 11.2. The Morgan fingerprint density at radius 3 is 3.00 bits per heavy atom. The van der Waals surface area contributed by atoms with Crippen LogP contribution in [0.1, 0.15) is 12.8 Å². The van der Waals surface area contributed by atoms with Gasteiger partial charge < -0.3 is 14.7 Å². The molecule has 6 nitrogen and oxygen atoms in total. The molecule has 1 aromatic heterocycles. The van der Waals surface area contributed by atoms with Crippen LogP contribution in [0.4, 0.5) is 5.82 Å². The molecular formula is C17H19N3O3. The Morgan fingerprint density at radius 1 is 1.35 bits per heavy atom. The second-order valence-electron chi connectivity index (χ2n) is 5.62. The molecule has 1 fully saturated rings. The average Bonchev–Trinajstić information content (AvgIpc) is 2.62. The van der Waals surface area contributed by atoms with Gasteiger partial charge in [-0.3, -0.25) is 4.79 Å². The number of methoxy groups -OCH3 is 1. The molecule has 23 heavy (non-hydrogen) atoms. The van der Waals surface area contributed by atoms with Gasteiger partial charge >= 0.3 is 5.97 Å². The van der Waals surface area contributed by atoms with Gasteiger partial charge in [0.2, 0.25) is 0 Å². The molecule has 1 aliphatic rings. The van der Waals surface area contributed by atoms with Gasteiger partial charge in [0.15, 0.2) is 0 Å². The second-order valence-corrected chi connectivity index (χ2v) is 5.62. The molecular weight excluding hydrogens is 294 g/mol. The van der Waals surface area contributed by atoms with Crippen molar-refractivity contribution in [2.24, 2.45) is 5.92 Å². The minimum absolute atomic E-state index is 0.334. The van der Waals surface area contributed by atoms with Crippen molar-refractivity contribution in [3.63, 3.8) is 0 Å². The molecule has 1 aliphatic heterocycles. The quantitative estimate of drug-likeness (QED) is 0.934. The summed E-state index contributed by atoms with van der Waals surface area (Å²) >= 11 is 0. The van der Waals surface area contributed by atoms with E-state index in [4.69, 9.17) is 4.74 Å². The molecule has 0 saturated carbocycles. The SMILES string of the molecule is COc1cccc(-c2cc(N3CCC[C@@H](C(=O)O)C3)ncn2)c1. The summed E-state index contributed by atoms with van der Waals surface area (Å²) in [6.07, 6.45) is 3.10. The van der Waals surface area contributed by atoms with Gasteiger partial charge in [-0.25, -0.2) is 9.97 Å². The predicted molar refractivity (Wildman–Crippen MR) is 86.6 cm³/mol. The van der Waals surface area contributed by atoms with Crippen molar-refractivity contribution in [2.75, 3.05) is 25.1 Å². The summed E-state index contributed by atoms with van der Waals surface area (Å²) in [5.41, 5.74) is 1.74. The fraction of sp³-hybridized carbons (Fsp3) is 0.353. The number of piperidine rings is 1. The zero-order chi connectivity index (χ0) is 16.2. The van der Waals surface area contributed by atoms with E-state index >= 15 is 0 Å². The Morgan fingerprint density at radius 2 is 2.22 bits per heavy atom. The standard InChI is InChI=1S/C17H19N3O3/c1-23-14-6-2-4-12(8-14)15-9-16(19-11-18-15)20-7-3-5-13(10-20)17(21)22/h2,4,6,8-9,11,13H,3,5,7,10H2,1H3,(H,21,22)/t13-/m1/s1. The third kappa shape index (κ3) is 3.41. The number of carboxylic acids is 1. The highest BCUT2D eigenvalue weighted by Crippen LogP contribution is 2.26. The summed E-state index contributed by atoms with van der Waals surface area (Å²) in [4.78, 5) is 21.9. The molecule has 0 radical (unpaired) electrons. The van der Waals surface area contributed by atoms with Crippen LogP contribution in [0.15, 0.2) is 36.7 Å². The van der Waals surface area contributed by atoms with Crippen molar-refractivity contribution in [1.29, 1.82) is 0 Å². The van der Waals surface area contributed by atoms with E-state index in [9.17, 15) is 9.90 Å². The summed E-state index contributed by atoms with van der Waals surface area (Å²) in [7, 11) is 1.63.